The molecule has 0 fully saturated rings. The number of nitrogens with one attached hydrogen (secondary N) is 13. The molecule has 0 aliphatic heterocycles. The molecule has 29 nitrogen and oxygen atoms in total. The number of unbranched alkanes of at least 4 members (excludes halogenated alkanes) is 1. The molecule has 0 unspecified atom stereocenters. The van der Waals surface area contributed by atoms with Gasteiger partial charge in [0.05, 0.1) is 0 Å². The van der Waals surface area contributed by atoms with Crippen molar-refractivity contribution in [3.63, 3.8) is 0 Å². The summed E-state index contributed by atoms with van der Waals surface area (Å²) in [6, 6.07) is 0. The second kappa shape index (κ2) is 41.4. The number of azide groups is 1. The molecule has 0 heterocycles. The van der Waals surface area contributed by atoms with E-state index in [4.69, 9.17) is 5.53 Å². The highest BCUT2D eigenvalue weighted by Crippen LogP contribution is 2.33. The molecule has 13 amide bonds. The van der Waals surface area contributed by atoms with E-state index in [1.54, 1.807) is 0 Å². The van der Waals surface area contributed by atoms with Crippen LogP contribution in [0.1, 0.15) is 173 Å². The molecule has 0 atom stereocenters. The lowest BCUT2D eigenvalue weighted by atomic mass is 9.80. The number of nitrogens with zero attached hydrogens (tertiary/aromatic N) is 3. The summed E-state index contributed by atoms with van der Waals surface area (Å²) >= 11 is 0. The van der Waals surface area contributed by atoms with Gasteiger partial charge in [-0.15, -0.1) is 0 Å². The van der Waals surface area contributed by atoms with E-state index in [1.165, 1.54) is 63.4 Å². The summed E-state index contributed by atoms with van der Waals surface area (Å²) in [6.45, 7) is 0.0833. The second-order valence-electron chi connectivity index (χ2n) is 20.8. The van der Waals surface area contributed by atoms with Gasteiger partial charge in [-0.2, -0.15) is 0 Å². The molecule has 0 aromatic rings. The molecule has 83 heavy (non-hydrogen) atoms. The van der Waals surface area contributed by atoms with Crippen LogP contribution in [0.3, 0.4) is 0 Å². The van der Waals surface area contributed by atoms with Gasteiger partial charge in [-0.3, -0.25) is 62.3 Å². The third-order valence-corrected chi connectivity index (χ3v) is 15.1. The van der Waals surface area contributed by atoms with E-state index in [0.717, 1.165) is 0 Å². The predicted octanol–water partition coefficient (Wildman–Crippen LogP) is -0.0366. The van der Waals surface area contributed by atoms with E-state index in [0.29, 0.717) is 6.42 Å². The zero-order valence-electron chi connectivity index (χ0n) is 50.4. The Morgan fingerprint density at radius 2 is 0.422 bits per heavy atom. The number of carbonyl (C=O) groups excluding carboxylic acids is 13. The van der Waals surface area contributed by atoms with Crippen molar-refractivity contribution < 1.29 is 62.3 Å². The number of carbonyl (C=O) groups is 13. The zero-order chi connectivity index (χ0) is 62.9. The first kappa shape index (κ1) is 75.4. The summed E-state index contributed by atoms with van der Waals surface area (Å²) in [4.78, 5) is 175. The number of amides is 13. The van der Waals surface area contributed by atoms with Crippen LogP contribution in [-0.4, -0.2) is 169 Å². The third-order valence-electron chi connectivity index (χ3n) is 15.1. The Kier molecular flexibility index (Phi) is 37.6. The van der Waals surface area contributed by atoms with E-state index in [1.807, 2.05) is 0 Å². The molecule has 0 saturated carbocycles. The maximum Gasteiger partial charge on any atom is 0.220 e. The molecule has 0 rings (SSSR count). The van der Waals surface area contributed by atoms with Gasteiger partial charge in [0.15, 0.2) is 0 Å². The molecule has 470 valence electrons. The minimum atomic E-state index is -1.60. The minimum absolute atomic E-state index is 0.00740. The van der Waals surface area contributed by atoms with E-state index in [-0.39, 0.29) is 207 Å². The van der Waals surface area contributed by atoms with E-state index >= 15 is 0 Å². The second-order valence-corrected chi connectivity index (χ2v) is 20.8. The molecule has 0 spiro atoms. The highest BCUT2D eigenvalue weighted by molar-refractivity contribution is 5.84. The lowest BCUT2D eigenvalue weighted by molar-refractivity contribution is -0.129. The summed E-state index contributed by atoms with van der Waals surface area (Å²) in [5.41, 5.74) is 3.35. The molecule has 13 N–H and O–H groups in total. The molecule has 0 aliphatic rings. The summed E-state index contributed by atoms with van der Waals surface area (Å²) in [7, 11) is 12.9. The fourth-order valence-corrected chi connectivity index (χ4v) is 9.55. The Labute approximate surface area is 487 Å². The monoisotopic (exact) mass is 1180 g/mol. The van der Waals surface area contributed by atoms with Crippen LogP contribution < -0.4 is 69.1 Å². The SMILES string of the molecule is CNC(=O)CCC(CCC(=O)NC)(CCC(=O)NC)NC(=O)CCC(CCC(=O)NC(CCC(=O)NC)(CCC(=O)NC)CCC(=O)NC)(CCC(=O)NC(CCC(=O)NC)(CCC(=O)NC)CCC(=O)NC)NC(=O)CCCCN=[N+]=[N-]. The van der Waals surface area contributed by atoms with E-state index < -0.39 is 65.0 Å². The van der Waals surface area contributed by atoms with Crippen LogP contribution in [0.4, 0.5) is 0 Å². The lowest BCUT2D eigenvalue weighted by Gasteiger charge is -2.39. The average molecular weight is 1180 g/mol. The van der Waals surface area contributed by atoms with Crippen molar-refractivity contribution in [3.05, 3.63) is 10.4 Å². The summed E-state index contributed by atoms with van der Waals surface area (Å²) < 4.78 is 0. The lowest BCUT2D eigenvalue weighted by Crippen LogP contribution is -2.54. The molecule has 0 aromatic carbocycles. The topological polar surface area (TPSA) is 427 Å². The Morgan fingerprint density at radius 3 is 0.578 bits per heavy atom. The van der Waals surface area contributed by atoms with Gasteiger partial charge in [-0.05, 0) is 95.4 Å². The number of rotatable bonds is 45. The van der Waals surface area contributed by atoms with Gasteiger partial charge in [0.25, 0.3) is 0 Å². The van der Waals surface area contributed by atoms with Crippen molar-refractivity contribution in [3.8, 4) is 0 Å². The molecule has 0 aromatic heterocycles. The van der Waals surface area contributed by atoms with Crippen LogP contribution in [0.5, 0.6) is 0 Å². The van der Waals surface area contributed by atoms with Crippen LogP contribution in [-0.2, 0) is 62.3 Å². The van der Waals surface area contributed by atoms with Crippen molar-refractivity contribution in [2.75, 3.05) is 70.0 Å². The first-order valence-corrected chi connectivity index (χ1v) is 28.5. The largest absolute Gasteiger partial charge is 0.359 e. The van der Waals surface area contributed by atoms with Gasteiger partial charge < -0.3 is 69.1 Å². The Morgan fingerprint density at radius 1 is 0.265 bits per heavy atom. The molecule has 0 bridgehead atoms. The highest BCUT2D eigenvalue weighted by Gasteiger charge is 2.40. The zero-order valence-corrected chi connectivity index (χ0v) is 50.4. The van der Waals surface area contributed by atoms with Gasteiger partial charge in [0, 0.05) is 181 Å². The summed E-state index contributed by atoms with van der Waals surface area (Å²) in [5.74, 6) is -5.83. The first-order valence-electron chi connectivity index (χ1n) is 28.5. The van der Waals surface area contributed by atoms with Gasteiger partial charge in [0.1, 0.15) is 0 Å². The Balaban J connectivity index is 8.19. The standard InChI is InChI=1S/C54H96N16O13/c1-56-38(71)13-25-51(26-14-39(72)57-2,27-15-40(73)58-3)67-48(81)22-34-54(66-47(80)12-10-11-37-65-70-55,35-23-49(82)68-52(28-16-41(74)59-4,29-17-42(75)60-5)30-18-43(76)61-6)36-24-50(83)69-53(31-19-44(77)62-7,32-20-45(78)63-8)33-21-46(79)64-9/h10-37H2,1-9H3,(H,56,71)(H,57,72)(H,58,73)(H,59,74)(H,60,75)(H,61,76)(H,62,77)(H,63,78)(H,64,79)(H,66,80)(H,67,81)(H,68,82)(H,69,83). The summed E-state index contributed by atoms with van der Waals surface area (Å²) in [5, 5.41) is 38.6. The van der Waals surface area contributed by atoms with Crippen LogP contribution in [0.2, 0.25) is 0 Å². The van der Waals surface area contributed by atoms with Crippen molar-refractivity contribution in [1.29, 1.82) is 0 Å². The van der Waals surface area contributed by atoms with Crippen molar-refractivity contribution >= 4 is 76.8 Å². The van der Waals surface area contributed by atoms with Gasteiger partial charge in [-0.25, -0.2) is 0 Å². The highest BCUT2D eigenvalue weighted by atomic mass is 16.2. The van der Waals surface area contributed by atoms with Crippen LogP contribution in [0.15, 0.2) is 5.11 Å². The van der Waals surface area contributed by atoms with Crippen LogP contribution in [0.25, 0.3) is 10.4 Å². The molecular formula is C54H96N16O13. The van der Waals surface area contributed by atoms with Crippen molar-refractivity contribution in [2.24, 2.45) is 5.11 Å². The number of hydrogen-bond acceptors (Lipinski definition) is 14. The van der Waals surface area contributed by atoms with Crippen LogP contribution >= 0.6 is 0 Å². The maximum absolute atomic E-state index is 14.6. The fraction of sp³-hybridized carbons (Fsp3) is 0.759. The van der Waals surface area contributed by atoms with E-state index in [2.05, 4.69) is 79.1 Å². The fourth-order valence-electron chi connectivity index (χ4n) is 9.55. The Bertz CT molecular complexity index is 1860. The number of hydrogen-bond donors (Lipinski definition) is 13. The quantitative estimate of drug-likeness (QED) is 0.0165. The van der Waals surface area contributed by atoms with Gasteiger partial charge in [-0.1, -0.05) is 5.11 Å². The van der Waals surface area contributed by atoms with Crippen molar-refractivity contribution in [1.82, 2.24) is 69.1 Å². The van der Waals surface area contributed by atoms with E-state index in [9.17, 15) is 62.3 Å². The predicted molar refractivity (Wildman–Crippen MR) is 309 cm³/mol. The third kappa shape index (κ3) is 32.6. The Hall–Kier alpha value is -7.58. The van der Waals surface area contributed by atoms with Gasteiger partial charge >= 0.3 is 0 Å². The van der Waals surface area contributed by atoms with Gasteiger partial charge in [0.2, 0.25) is 76.8 Å². The minimum Gasteiger partial charge on any atom is -0.359 e. The molecular weight excluding hydrogens is 1080 g/mol. The molecule has 0 saturated heterocycles. The maximum atomic E-state index is 14.6. The van der Waals surface area contributed by atoms with Crippen molar-refractivity contribution in [2.45, 2.75) is 196 Å². The normalized spacial score (nSPS) is 11.2. The summed E-state index contributed by atoms with van der Waals surface area (Å²) in [6.07, 6.45) is -2.35. The molecule has 0 radical (unpaired) electrons. The molecule has 29 heteroatoms. The first-order chi connectivity index (χ1) is 39.3. The smallest absolute Gasteiger partial charge is 0.220 e. The van der Waals surface area contributed by atoms with Crippen LogP contribution in [0, 0.1) is 0 Å². The average Bonchev–Trinajstić information content (AvgIpc) is 3.67. The molecule has 0 aliphatic carbocycles.